The number of sulfone groups is 1. The molecule has 0 spiro atoms. The molecule has 1 unspecified atom stereocenters. The number of nitrogen functional groups attached to an aromatic ring is 1. The number of aromatic nitrogens is 5. The number of methoxy groups -OCH3 is 1. The molecule has 1 atom stereocenters. The number of hydrogen-bond donors (Lipinski definition) is 1. The van der Waals surface area contributed by atoms with Crippen LogP contribution in [0.2, 0.25) is 0 Å². The van der Waals surface area contributed by atoms with E-state index in [4.69, 9.17) is 10.5 Å². The van der Waals surface area contributed by atoms with Crippen molar-refractivity contribution >= 4 is 26.7 Å². The summed E-state index contributed by atoms with van der Waals surface area (Å²) < 4.78 is 31.8. The molecule has 0 radical (unpaired) electrons. The smallest absolute Gasteiger partial charge is 0.177 e. The van der Waals surface area contributed by atoms with Crippen molar-refractivity contribution in [2.45, 2.75) is 31.7 Å². The van der Waals surface area contributed by atoms with Gasteiger partial charge >= 0.3 is 0 Å². The number of benzene rings is 1. The van der Waals surface area contributed by atoms with E-state index in [9.17, 15) is 13.7 Å². The van der Waals surface area contributed by atoms with E-state index in [0.29, 0.717) is 50.5 Å². The maximum Gasteiger partial charge on any atom is 0.177 e. The van der Waals surface area contributed by atoms with Gasteiger partial charge in [0.05, 0.1) is 34.7 Å². The van der Waals surface area contributed by atoms with Gasteiger partial charge in [0.1, 0.15) is 24.0 Å². The summed E-state index contributed by atoms with van der Waals surface area (Å²) >= 11 is 0. The average molecular weight is 478 g/mol. The molecule has 174 valence electrons. The first kappa shape index (κ1) is 23.1. The predicted molar refractivity (Wildman–Crippen MR) is 127 cm³/mol. The number of pyridine rings is 1. The fourth-order valence-electron chi connectivity index (χ4n) is 4.11. The third-order valence-electron chi connectivity index (χ3n) is 5.76. The Morgan fingerprint density at radius 1 is 1.21 bits per heavy atom. The monoisotopic (exact) mass is 477 g/mol. The average Bonchev–Trinajstić information content (AvgIpc) is 3.15. The molecule has 3 aromatic heterocycles. The maximum absolute atomic E-state index is 12.1. The zero-order valence-electron chi connectivity index (χ0n) is 19.4. The number of nitrogens with zero attached hydrogens (tertiary/aromatic N) is 6. The van der Waals surface area contributed by atoms with Crippen molar-refractivity contribution < 1.29 is 13.2 Å². The minimum atomic E-state index is -3.50. The summed E-state index contributed by atoms with van der Waals surface area (Å²) in [5, 5.41) is 15.3. The molecule has 0 aliphatic rings. The summed E-state index contributed by atoms with van der Waals surface area (Å²) in [7, 11) is -2.00. The van der Waals surface area contributed by atoms with Crippen molar-refractivity contribution in [2.24, 2.45) is 0 Å². The molecule has 2 N–H and O–H groups in total. The predicted octanol–water partition coefficient (Wildman–Crippen LogP) is 2.98. The highest BCUT2D eigenvalue weighted by atomic mass is 32.2. The number of fused-ring (bicyclic) bond motifs is 1. The lowest BCUT2D eigenvalue weighted by Gasteiger charge is -2.22. The second-order valence-corrected chi connectivity index (χ2v) is 10.0. The van der Waals surface area contributed by atoms with Gasteiger partial charge in [-0.05, 0) is 38.5 Å². The number of nitriles is 1. The van der Waals surface area contributed by atoms with Crippen LogP contribution in [0.25, 0.3) is 22.2 Å². The summed E-state index contributed by atoms with van der Waals surface area (Å²) in [6, 6.07) is 5.23. The van der Waals surface area contributed by atoms with Crippen molar-refractivity contribution in [2.75, 3.05) is 19.1 Å². The van der Waals surface area contributed by atoms with Gasteiger partial charge in [-0.1, -0.05) is 0 Å². The number of anilines is 1. The topological polar surface area (TPSA) is 150 Å². The lowest BCUT2D eigenvalue weighted by Crippen LogP contribution is -2.12. The Labute approximate surface area is 197 Å². The van der Waals surface area contributed by atoms with Crippen LogP contribution in [0, 0.1) is 25.2 Å². The molecule has 0 amide bonds. The molecule has 10 nitrogen and oxygen atoms in total. The highest BCUT2D eigenvalue weighted by Gasteiger charge is 2.26. The third kappa shape index (κ3) is 3.72. The minimum absolute atomic E-state index is 0.0490. The highest BCUT2D eigenvalue weighted by molar-refractivity contribution is 7.90. The van der Waals surface area contributed by atoms with E-state index in [0.717, 1.165) is 11.8 Å². The first-order chi connectivity index (χ1) is 16.1. The van der Waals surface area contributed by atoms with Crippen molar-refractivity contribution in [3.8, 4) is 22.9 Å². The molecule has 4 aromatic rings. The van der Waals surface area contributed by atoms with Gasteiger partial charge in [0, 0.05) is 35.3 Å². The van der Waals surface area contributed by atoms with Crippen LogP contribution in [0.5, 0.6) is 5.75 Å². The van der Waals surface area contributed by atoms with Gasteiger partial charge in [-0.3, -0.25) is 4.98 Å². The van der Waals surface area contributed by atoms with E-state index >= 15 is 0 Å². The van der Waals surface area contributed by atoms with Crippen LogP contribution in [-0.2, 0) is 9.84 Å². The fraction of sp³-hybridized carbons (Fsp3) is 0.261. The number of aryl methyl sites for hydroxylation is 2. The van der Waals surface area contributed by atoms with Crippen molar-refractivity contribution in [3.05, 3.63) is 53.2 Å². The zero-order chi connectivity index (χ0) is 24.8. The van der Waals surface area contributed by atoms with Gasteiger partial charge in [0.15, 0.2) is 15.5 Å². The molecule has 0 fully saturated rings. The second kappa shape index (κ2) is 8.39. The Hall–Kier alpha value is -4.04. The molecular weight excluding hydrogens is 454 g/mol. The molecule has 0 aliphatic heterocycles. The lowest BCUT2D eigenvalue weighted by molar-refractivity contribution is 0.402. The summed E-state index contributed by atoms with van der Waals surface area (Å²) in [4.78, 5) is 12.6. The van der Waals surface area contributed by atoms with E-state index in [1.165, 1.54) is 31.9 Å². The molecule has 34 heavy (non-hydrogen) atoms. The van der Waals surface area contributed by atoms with Gasteiger partial charge in [0.2, 0.25) is 0 Å². The molecule has 0 saturated carbocycles. The SMILES string of the molecule is COc1c(C(C)n2nc(C)c3c(N)ncnc32)cc(C)c(C#N)c1-c1cncc(S(C)(=O)=O)c1. The molecule has 0 saturated heterocycles. The summed E-state index contributed by atoms with van der Waals surface area (Å²) in [6.07, 6.45) is 5.29. The normalized spacial score (nSPS) is 12.5. The van der Waals surface area contributed by atoms with Crippen LogP contribution < -0.4 is 10.5 Å². The molecule has 0 bridgehead atoms. The van der Waals surface area contributed by atoms with E-state index in [-0.39, 0.29) is 10.9 Å². The zero-order valence-corrected chi connectivity index (χ0v) is 20.2. The number of hydrogen-bond acceptors (Lipinski definition) is 9. The van der Waals surface area contributed by atoms with Crippen LogP contribution in [0.1, 0.15) is 35.3 Å². The highest BCUT2D eigenvalue weighted by Crippen LogP contribution is 2.42. The van der Waals surface area contributed by atoms with Crippen molar-refractivity contribution in [3.63, 3.8) is 0 Å². The van der Waals surface area contributed by atoms with Gasteiger partial charge in [0.25, 0.3) is 0 Å². The Bertz CT molecular complexity index is 1590. The van der Waals surface area contributed by atoms with E-state index in [2.05, 4.69) is 26.1 Å². The molecule has 1 aromatic carbocycles. The lowest BCUT2D eigenvalue weighted by atomic mass is 9.91. The molecule has 4 rings (SSSR count). The van der Waals surface area contributed by atoms with E-state index < -0.39 is 9.84 Å². The Balaban J connectivity index is 2.01. The molecule has 11 heteroatoms. The quantitative estimate of drug-likeness (QED) is 0.457. The Kier molecular flexibility index (Phi) is 5.70. The third-order valence-corrected chi connectivity index (χ3v) is 6.84. The summed E-state index contributed by atoms with van der Waals surface area (Å²) in [5.74, 6) is 0.763. The maximum atomic E-state index is 12.1. The standard InChI is InChI=1S/C23H23N7O3S/c1-12-6-17(14(3)30-23-19(13(2)29-30)22(25)27-11-28-23)21(33-4)20(18(12)8-24)15-7-16(10-26-9-15)34(5,31)32/h6-7,9-11,14H,1-5H3,(H2,25,27,28). The fourth-order valence-corrected chi connectivity index (χ4v) is 4.70. The minimum Gasteiger partial charge on any atom is -0.496 e. The second-order valence-electron chi connectivity index (χ2n) is 8.02. The molecule has 3 heterocycles. The number of ether oxygens (including phenoxy) is 1. The largest absolute Gasteiger partial charge is 0.496 e. The van der Waals surface area contributed by atoms with Crippen LogP contribution in [-0.4, -0.2) is 46.5 Å². The summed E-state index contributed by atoms with van der Waals surface area (Å²) in [5.41, 5.74) is 10.0. The van der Waals surface area contributed by atoms with Gasteiger partial charge in [-0.2, -0.15) is 10.4 Å². The van der Waals surface area contributed by atoms with Crippen LogP contribution >= 0.6 is 0 Å². The van der Waals surface area contributed by atoms with Gasteiger partial charge < -0.3 is 10.5 Å². The Morgan fingerprint density at radius 3 is 2.59 bits per heavy atom. The van der Waals surface area contributed by atoms with Crippen LogP contribution in [0.15, 0.2) is 35.7 Å². The van der Waals surface area contributed by atoms with Gasteiger partial charge in [-0.25, -0.2) is 23.1 Å². The van der Waals surface area contributed by atoms with Crippen LogP contribution in [0.3, 0.4) is 0 Å². The first-order valence-electron chi connectivity index (χ1n) is 10.3. The van der Waals surface area contributed by atoms with Crippen molar-refractivity contribution in [1.29, 1.82) is 5.26 Å². The molecule has 0 aliphatic carbocycles. The van der Waals surface area contributed by atoms with Gasteiger partial charge in [-0.15, -0.1) is 0 Å². The van der Waals surface area contributed by atoms with Crippen LogP contribution in [0.4, 0.5) is 5.82 Å². The number of nitrogens with two attached hydrogens (primary N) is 1. The van der Waals surface area contributed by atoms with Crippen molar-refractivity contribution in [1.82, 2.24) is 24.7 Å². The number of rotatable bonds is 5. The Morgan fingerprint density at radius 2 is 1.94 bits per heavy atom. The van der Waals surface area contributed by atoms with E-state index in [1.807, 2.05) is 26.8 Å². The summed E-state index contributed by atoms with van der Waals surface area (Å²) in [6.45, 7) is 5.58. The molecular formula is C23H23N7O3S. The first-order valence-corrected chi connectivity index (χ1v) is 12.2. The van der Waals surface area contributed by atoms with E-state index in [1.54, 1.807) is 4.68 Å².